The summed E-state index contributed by atoms with van der Waals surface area (Å²) in [5, 5.41) is 22.4. The summed E-state index contributed by atoms with van der Waals surface area (Å²) in [5.41, 5.74) is 0.849. The van der Waals surface area contributed by atoms with E-state index in [2.05, 4.69) is 10.3 Å². The second-order valence-corrected chi connectivity index (χ2v) is 3.66. The number of pyridine rings is 1. The van der Waals surface area contributed by atoms with Crippen LogP contribution in [0.1, 0.15) is 10.4 Å². The number of nitrogens with one attached hydrogen (secondary N) is 1. The molecule has 0 amide bonds. The Hall–Kier alpha value is -2.96. The van der Waals surface area contributed by atoms with Crippen LogP contribution in [0, 0.1) is 10.1 Å². The number of rotatable bonds is 4. The Morgan fingerprint density at radius 2 is 1.95 bits per heavy atom. The van der Waals surface area contributed by atoms with Crippen LogP contribution in [0.15, 0.2) is 42.7 Å². The van der Waals surface area contributed by atoms with E-state index in [-0.39, 0.29) is 11.3 Å². The summed E-state index contributed by atoms with van der Waals surface area (Å²) in [6.07, 6.45) is 2.58. The molecule has 2 N–H and O–H groups in total. The molecule has 19 heavy (non-hydrogen) atoms. The molecule has 7 heteroatoms. The summed E-state index contributed by atoms with van der Waals surface area (Å²) in [7, 11) is 0. The monoisotopic (exact) mass is 259 g/mol. The fourth-order valence-electron chi connectivity index (χ4n) is 1.49. The normalized spacial score (nSPS) is 9.89. The fraction of sp³-hybridized carbons (Fsp3) is 0. The lowest BCUT2D eigenvalue weighted by Crippen LogP contribution is -1.99. The SMILES string of the molecule is O=C(O)c1ccc(Nc2ccncc2[N+](=O)[O-])cc1. The van der Waals surface area contributed by atoms with E-state index in [1.165, 1.54) is 36.5 Å². The van der Waals surface area contributed by atoms with Crippen molar-refractivity contribution in [3.05, 3.63) is 58.4 Å². The van der Waals surface area contributed by atoms with Gasteiger partial charge in [0.05, 0.1) is 10.5 Å². The van der Waals surface area contributed by atoms with Crippen molar-refractivity contribution >= 4 is 23.0 Å². The molecule has 0 bridgehead atoms. The van der Waals surface area contributed by atoms with Crippen LogP contribution in [0.25, 0.3) is 0 Å². The van der Waals surface area contributed by atoms with Crippen molar-refractivity contribution in [3.63, 3.8) is 0 Å². The van der Waals surface area contributed by atoms with Gasteiger partial charge in [-0.05, 0) is 30.3 Å². The molecule has 1 aromatic carbocycles. The molecule has 1 aromatic heterocycles. The number of hydrogen-bond donors (Lipinski definition) is 2. The average molecular weight is 259 g/mol. The van der Waals surface area contributed by atoms with Crippen LogP contribution in [0.2, 0.25) is 0 Å². The van der Waals surface area contributed by atoms with E-state index in [1.807, 2.05) is 0 Å². The van der Waals surface area contributed by atoms with Crippen molar-refractivity contribution in [2.45, 2.75) is 0 Å². The maximum absolute atomic E-state index is 10.8. The number of benzene rings is 1. The molecule has 96 valence electrons. The van der Waals surface area contributed by atoms with Crippen molar-refractivity contribution in [1.29, 1.82) is 0 Å². The minimum absolute atomic E-state index is 0.148. The molecule has 0 unspecified atom stereocenters. The number of hydrogen-bond acceptors (Lipinski definition) is 5. The summed E-state index contributed by atoms with van der Waals surface area (Å²) in [5.74, 6) is -1.03. The Balaban J connectivity index is 2.26. The van der Waals surface area contributed by atoms with Crippen LogP contribution in [-0.2, 0) is 0 Å². The summed E-state index contributed by atoms with van der Waals surface area (Å²) >= 11 is 0. The summed E-state index contributed by atoms with van der Waals surface area (Å²) in [6, 6.07) is 7.37. The summed E-state index contributed by atoms with van der Waals surface area (Å²) < 4.78 is 0. The Bertz CT molecular complexity index is 625. The molecule has 0 aliphatic heterocycles. The Labute approximate surface area is 107 Å². The van der Waals surface area contributed by atoms with Crippen LogP contribution in [0.5, 0.6) is 0 Å². The predicted octanol–water partition coefficient (Wildman–Crippen LogP) is 2.43. The number of anilines is 2. The zero-order chi connectivity index (χ0) is 13.8. The first-order valence-electron chi connectivity index (χ1n) is 5.26. The molecular formula is C12H9N3O4. The van der Waals surface area contributed by atoms with Gasteiger partial charge < -0.3 is 10.4 Å². The van der Waals surface area contributed by atoms with E-state index in [4.69, 9.17) is 5.11 Å². The Morgan fingerprint density at radius 1 is 1.26 bits per heavy atom. The van der Waals surface area contributed by atoms with Crippen LogP contribution < -0.4 is 5.32 Å². The first-order chi connectivity index (χ1) is 9.08. The second-order valence-electron chi connectivity index (χ2n) is 3.66. The van der Waals surface area contributed by atoms with Gasteiger partial charge in [-0.1, -0.05) is 0 Å². The van der Waals surface area contributed by atoms with Gasteiger partial charge in [-0.15, -0.1) is 0 Å². The quantitative estimate of drug-likeness (QED) is 0.645. The van der Waals surface area contributed by atoms with Gasteiger partial charge in [-0.25, -0.2) is 4.79 Å². The molecule has 2 aromatic rings. The highest BCUT2D eigenvalue weighted by Crippen LogP contribution is 2.25. The molecule has 0 fully saturated rings. The average Bonchev–Trinajstić information content (AvgIpc) is 2.39. The Morgan fingerprint density at radius 3 is 2.53 bits per heavy atom. The molecule has 0 aliphatic carbocycles. The smallest absolute Gasteiger partial charge is 0.335 e. The molecule has 0 spiro atoms. The van der Waals surface area contributed by atoms with E-state index in [1.54, 1.807) is 0 Å². The molecule has 2 rings (SSSR count). The Kier molecular flexibility index (Phi) is 3.37. The van der Waals surface area contributed by atoms with Gasteiger partial charge in [-0.3, -0.25) is 15.1 Å². The van der Waals surface area contributed by atoms with Crippen molar-refractivity contribution in [2.75, 3.05) is 5.32 Å². The van der Waals surface area contributed by atoms with Crippen LogP contribution in [0.3, 0.4) is 0 Å². The molecule has 0 aliphatic rings. The molecule has 0 saturated carbocycles. The first kappa shape index (κ1) is 12.5. The van der Waals surface area contributed by atoms with Gasteiger partial charge in [0.1, 0.15) is 11.9 Å². The molecule has 0 saturated heterocycles. The van der Waals surface area contributed by atoms with Crippen molar-refractivity contribution in [2.24, 2.45) is 0 Å². The highest BCUT2D eigenvalue weighted by Gasteiger charge is 2.13. The van der Waals surface area contributed by atoms with Gasteiger partial charge in [0.15, 0.2) is 0 Å². The highest BCUT2D eigenvalue weighted by molar-refractivity contribution is 5.88. The fourth-order valence-corrected chi connectivity index (χ4v) is 1.49. The lowest BCUT2D eigenvalue weighted by Gasteiger charge is -2.06. The minimum atomic E-state index is -1.03. The topological polar surface area (TPSA) is 105 Å². The number of carboxylic acids is 1. The van der Waals surface area contributed by atoms with Gasteiger partial charge in [0.2, 0.25) is 0 Å². The van der Waals surface area contributed by atoms with E-state index in [9.17, 15) is 14.9 Å². The van der Waals surface area contributed by atoms with Crippen LogP contribution in [0.4, 0.5) is 17.1 Å². The third kappa shape index (κ3) is 2.83. The first-order valence-corrected chi connectivity index (χ1v) is 5.26. The van der Waals surface area contributed by atoms with E-state index < -0.39 is 10.9 Å². The molecule has 0 atom stereocenters. The van der Waals surface area contributed by atoms with E-state index in [0.717, 1.165) is 6.20 Å². The summed E-state index contributed by atoms with van der Waals surface area (Å²) in [6.45, 7) is 0. The number of nitro groups is 1. The maximum atomic E-state index is 10.8. The largest absolute Gasteiger partial charge is 0.478 e. The predicted molar refractivity (Wildman–Crippen MR) is 67.6 cm³/mol. The third-order valence-electron chi connectivity index (χ3n) is 2.41. The number of carbonyl (C=O) groups is 1. The maximum Gasteiger partial charge on any atom is 0.335 e. The second kappa shape index (κ2) is 5.13. The standard InChI is InChI=1S/C12H9N3O4/c16-12(17)8-1-3-9(4-2-8)14-10-5-6-13-7-11(10)15(18)19/h1-7H,(H,13,14)(H,16,17). The summed E-state index contributed by atoms with van der Waals surface area (Å²) in [4.78, 5) is 24.6. The zero-order valence-corrected chi connectivity index (χ0v) is 9.61. The third-order valence-corrected chi connectivity index (χ3v) is 2.41. The zero-order valence-electron chi connectivity index (χ0n) is 9.61. The van der Waals surface area contributed by atoms with Gasteiger partial charge >= 0.3 is 11.7 Å². The minimum Gasteiger partial charge on any atom is -0.478 e. The van der Waals surface area contributed by atoms with Crippen molar-refractivity contribution < 1.29 is 14.8 Å². The van der Waals surface area contributed by atoms with Gasteiger partial charge in [-0.2, -0.15) is 0 Å². The van der Waals surface area contributed by atoms with E-state index in [0.29, 0.717) is 11.4 Å². The van der Waals surface area contributed by atoms with Crippen molar-refractivity contribution in [1.82, 2.24) is 4.98 Å². The molecule has 7 nitrogen and oxygen atoms in total. The van der Waals surface area contributed by atoms with Gasteiger partial charge in [0, 0.05) is 11.9 Å². The lowest BCUT2D eigenvalue weighted by atomic mass is 10.2. The van der Waals surface area contributed by atoms with Gasteiger partial charge in [0.25, 0.3) is 0 Å². The lowest BCUT2D eigenvalue weighted by molar-refractivity contribution is -0.384. The number of carboxylic acid groups (broad SMARTS) is 1. The van der Waals surface area contributed by atoms with Crippen LogP contribution in [-0.4, -0.2) is 21.0 Å². The number of nitrogens with zero attached hydrogens (tertiary/aromatic N) is 2. The highest BCUT2D eigenvalue weighted by atomic mass is 16.6. The molecule has 0 radical (unpaired) electrons. The van der Waals surface area contributed by atoms with Crippen LogP contribution >= 0.6 is 0 Å². The number of aromatic carboxylic acids is 1. The molecular weight excluding hydrogens is 250 g/mol. The van der Waals surface area contributed by atoms with E-state index >= 15 is 0 Å². The number of aromatic nitrogens is 1. The molecule has 1 heterocycles. The van der Waals surface area contributed by atoms with Crippen molar-refractivity contribution in [3.8, 4) is 0 Å².